The van der Waals surface area contributed by atoms with Crippen LogP contribution in [-0.2, 0) is 11.3 Å². The molecule has 1 aromatic heterocycles. The van der Waals surface area contributed by atoms with Gasteiger partial charge in [-0.05, 0) is 42.8 Å². The predicted molar refractivity (Wildman–Crippen MR) is 113 cm³/mol. The quantitative estimate of drug-likeness (QED) is 0.269. The van der Waals surface area contributed by atoms with Crippen LogP contribution in [0.5, 0.6) is 5.75 Å². The summed E-state index contributed by atoms with van der Waals surface area (Å²) < 4.78 is 8.38. The van der Waals surface area contributed by atoms with Gasteiger partial charge < -0.3 is 9.30 Å². The van der Waals surface area contributed by atoms with Crippen molar-refractivity contribution in [2.75, 3.05) is 6.61 Å². The Morgan fingerprint density at radius 1 is 1.34 bits per heavy atom. The van der Waals surface area contributed by atoms with Crippen molar-refractivity contribution in [2.45, 2.75) is 13.5 Å². The normalized spacial score (nSPS) is 11.7. The van der Waals surface area contributed by atoms with Gasteiger partial charge in [0.1, 0.15) is 11.3 Å². The number of nitro benzene ring substituents is 1. The Labute approximate surface area is 170 Å². The Morgan fingerprint density at radius 3 is 2.76 bits per heavy atom. The van der Waals surface area contributed by atoms with Crippen LogP contribution in [0.15, 0.2) is 53.5 Å². The number of fused-ring (bicyclic) bond motifs is 1. The second kappa shape index (κ2) is 8.99. The molecular formula is C21H17N3O4S. The predicted octanol–water partition coefficient (Wildman–Crippen LogP) is 3.78. The van der Waals surface area contributed by atoms with Crippen molar-refractivity contribution >= 4 is 39.2 Å². The molecule has 0 unspecified atom stereocenters. The summed E-state index contributed by atoms with van der Waals surface area (Å²) in [6.07, 6.45) is 8.38. The molecule has 0 aliphatic carbocycles. The zero-order valence-corrected chi connectivity index (χ0v) is 16.4. The lowest BCUT2D eigenvalue weighted by molar-refractivity contribution is -0.384. The molecule has 7 nitrogen and oxygen atoms in total. The van der Waals surface area contributed by atoms with E-state index in [0.717, 1.165) is 10.2 Å². The first-order chi connectivity index (χ1) is 14.0. The van der Waals surface area contributed by atoms with Crippen molar-refractivity contribution in [1.82, 2.24) is 4.57 Å². The second-order valence-corrected chi connectivity index (χ2v) is 6.85. The molecule has 0 saturated carbocycles. The summed E-state index contributed by atoms with van der Waals surface area (Å²) in [5.74, 6) is 2.81. The fraction of sp³-hybridized carbons (Fsp3) is 0.143. The molecule has 3 aromatic rings. The van der Waals surface area contributed by atoms with Crippen LogP contribution in [0.4, 0.5) is 5.69 Å². The molecule has 2 aromatic carbocycles. The topological polar surface area (TPSA) is 86.7 Å². The fourth-order valence-corrected chi connectivity index (χ4v) is 3.75. The number of rotatable bonds is 6. The maximum absolute atomic E-state index is 12.4. The molecule has 0 aliphatic heterocycles. The molecule has 1 amide bonds. The van der Waals surface area contributed by atoms with E-state index in [1.807, 2.05) is 25.1 Å². The van der Waals surface area contributed by atoms with Gasteiger partial charge in [0, 0.05) is 18.2 Å². The summed E-state index contributed by atoms with van der Waals surface area (Å²) in [7, 11) is 0. The first-order valence-corrected chi connectivity index (χ1v) is 9.55. The molecule has 3 rings (SSSR count). The molecule has 8 heteroatoms. The van der Waals surface area contributed by atoms with E-state index in [2.05, 4.69) is 10.9 Å². The number of amides is 1. The summed E-state index contributed by atoms with van der Waals surface area (Å²) in [5.41, 5.74) is 1.46. The molecule has 0 spiro atoms. The molecule has 0 bridgehead atoms. The molecule has 29 heavy (non-hydrogen) atoms. The molecule has 1 heterocycles. The van der Waals surface area contributed by atoms with Crippen LogP contribution in [0.2, 0.25) is 0 Å². The molecule has 0 radical (unpaired) electrons. The van der Waals surface area contributed by atoms with Crippen LogP contribution >= 0.6 is 11.3 Å². The van der Waals surface area contributed by atoms with E-state index in [4.69, 9.17) is 11.2 Å². The smallest absolute Gasteiger partial charge is 0.272 e. The maximum atomic E-state index is 12.4. The number of non-ortho nitro benzene ring substituents is 1. The van der Waals surface area contributed by atoms with Gasteiger partial charge in [-0.2, -0.15) is 4.99 Å². The number of benzene rings is 2. The van der Waals surface area contributed by atoms with Crippen molar-refractivity contribution < 1.29 is 14.5 Å². The summed E-state index contributed by atoms with van der Waals surface area (Å²) in [5, 5.41) is 10.7. The third-order valence-corrected chi connectivity index (χ3v) is 4.98. The highest BCUT2D eigenvalue weighted by atomic mass is 32.1. The highest BCUT2D eigenvalue weighted by Crippen LogP contribution is 2.27. The van der Waals surface area contributed by atoms with Crippen molar-refractivity contribution in [2.24, 2.45) is 4.99 Å². The summed E-state index contributed by atoms with van der Waals surface area (Å²) in [4.78, 5) is 27.2. The number of ether oxygens (including phenoxy) is 1. The number of hydrogen-bond acceptors (Lipinski definition) is 5. The average Bonchev–Trinajstić information content (AvgIpc) is 3.05. The van der Waals surface area contributed by atoms with Gasteiger partial charge in [-0.15, -0.1) is 6.42 Å². The van der Waals surface area contributed by atoms with E-state index in [0.29, 0.717) is 22.7 Å². The van der Waals surface area contributed by atoms with Crippen LogP contribution < -0.4 is 9.54 Å². The van der Waals surface area contributed by atoms with E-state index in [1.54, 1.807) is 22.8 Å². The van der Waals surface area contributed by atoms with Gasteiger partial charge in [0.05, 0.1) is 22.8 Å². The van der Waals surface area contributed by atoms with E-state index in [1.165, 1.54) is 29.5 Å². The molecule has 146 valence electrons. The first kappa shape index (κ1) is 20.0. The first-order valence-electron chi connectivity index (χ1n) is 8.73. The molecule has 0 saturated heterocycles. The lowest BCUT2D eigenvalue weighted by Gasteiger charge is -2.07. The van der Waals surface area contributed by atoms with E-state index >= 15 is 0 Å². The zero-order valence-electron chi connectivity index (χ0n) is 15.6. The van der Waals surface area contributed by atoms with E-state index < -0.39 is 10.8 Å². The number of thiazole rings is 1. The largest absolute Gasteiger partial charge is 0.492 e. The minimum Gasteiger partial charge on any atom is -0.492 e. The van der Waals surface area contributed by atoms with Crippen LogP contribution in [0.3, 0.4) is 0 Å². The summed E-state index contributed by atoms with van der Waals surface area (Å²) >= 11 is 1.35. The van der Waals surface area contributed by atoms with E-state index in [-0.39, 0.29) is 12.2 Å². The highest BCUT2D eigenvalue weighted by molar-refractivity contribution is 7.16. The van der Waals surface area contributed by atoms with Gasteiger partial charge in [-0.1, -0.05) is 23.3 Å². The molecule has 0 N–H and O–H groups in total. The number of nitrogens with zero attached hydrogens (tertiary/aromatic N) is 3. The minimum absolute atomic E-state index is 0.0103. The van der Waals surface area contributed by atoms with Crippen molar-refractivity contribution in [1.29, 1.82) is 0 Å². The molecule has 0 atom stereocenters. The van der Waals surface area contributed by atoms with Crippen LogP contribution in [-0.4, -0.2) is 22.0 Å². The Balaban J connectivity index is 1.95. The van der Waals surface area contributed by atoms with Crippen molar-refractivity contribution in [3.63, 3.8) is 0 Å². The maximum Gasteiger partial charge on any atom is 0.272 e. The Bertz CT molecular complexity index is 1200. The monoisotopic (exact) mass is 407 g/mol. The lowest BCUT2D eigenvalue weighted by atomic mass is 10.2. The van der Waals surface area contributed by atoms with Gasteiger partial charge in [0.15, 0.2) is 4.80 Å². The minimum atomic E-state index is -0.476. The number of nitro groups is 1. The number of carbonyl (C=O) groups is 1. The number of carbonyl (C=O) groups excluding carboxylic acids is 1. The van der Waals surface area contributed by atoms with Gasteiger partial charge in [0.25, 0.3) is 11.6 Å². The fourth-order valence-electron chi connectivity index (χ4n) is 2.70. The summed E-state index contributed by atoms with van der Waals surface area (Å²) in [6.45, 7) is 2.66. The lowest BCUT2D eigenvalue weighted by Crippen LogP contribution is -2.16. The van der Waals surface area contributed by atoms with Crippen LogP contribution in [0.1, 0.15) is 12.5 Å². The molecule has 0 fully saturated rings. The number of aromatic nitrogens is 1. The Kier molecular flexibility index (Phi) is 6.22. The number of para-hydroxylation sites is 1. The molecule has 0 aliphatic rings. The Morgan fingerprint density at radius 2 is 2.10 bits per heavy atom. The third kappa shape index (κ3) is 4.59. The zero-order chi connectivity index (χ0) is 20.8. The molecular weight excluding hydrogens is 390 g/mol. The van der Waals surface area contributed by atoms with Crippen molar-refractivity contribution in [3.8, 4) is 18.1 Å². The van der Waals surface area contributed by atoms with Crippen molar-refractivity contribution in [3.05, 3.63) is 69.0 Å². The Hall–Kier alpha value is -3.70. The van der Waals surface area contributed by atoms with Gasteiger partial charge in [0.2, 0.25) is 0 Å². The number of hydrogen-bond donors (Lipinski definition) is 0. The van der Waals surface area contributed by atoms with Gasteiger partial charge >= 0.3 is 0 Å². The van der Waals surface area contributed by atoms with Crippen LogP contribution in [0, 0.1) is 22.5 Å². The second-order valence-electron chi connectivity index (χ2n) is 5.84. The van der Waals surface area contributed by atoms with Gasteiger partial charge in [-0.3, -0.25) is 14.9 Å². The average molecular weight is 407 g/mol. The summed E-state index contributed by atoms with van der Waals surface area (Å²) in [6, 6.07) is 11.5. The van der Waals surface area contributed by atoms with E-state index in [9.17, 15) is 14.9 Å². The van der Waals surface area contributed by atoms with Gasteiger partial charge in [-0.25, -0.2) is 0 Å². The highest BCUT2D eigenvalue weighted by Gasteiger charge is 2.11. The standard InChI is InChI=1S/C21H17N3O4S/c1-3-14-23-20-17(28-4-2)6-5-7-18(20)29-21(23)22-19(25)13-10-15-8-11-16(12-9-15)24(26)27/h1,5-13H,4,14H2,2H3/b13-10-,22-21?. The van der Waals surface area contributed by atoms with Crippen LogP contribution in [0.25, 0.3) is 16.3 Å². The number of terminal acetylenes is 1. The SMILES string of the molecule is C#CCn1c(=NC(=O)/C=C\c2ccc([N+](=O)[O-])cc2)sc2cccc(OCC)c21. The third-order valence-electron chi connectivity index (χ3n) is 3.94.